The molecular weight excluding hydrogens is 258 g/mol. The third kappa shape index (κ3) is 3.26. The van der Waals surface area contributed by atoms with Crippen molar-refractivity contribution in [3.63, 3.8) is 0 Å². The Balaban J connectivity index is 2.05. The van der Waals surface area contributed by atoms with Gasteiger partial charge in [-0.25, -0.2) is 4.98 Å². The van der Waals surface area contributed by atoms with Gasteiger partial charge in [0, 0.05) is 45.4 Å². The molecule has 0 aromatic carbocycles. The maximum Gasteiger partial charge on any atom is 0.303 e. The van der Waals surface area contributed by atoms with Crippen LogP contribution in [0.3, 0.4) is 0 Å². The van der Waals surface area contributed by atoms with Gasteiger partial charge in [-0.2, -0.15) is 0 Å². The number of carboxylic acid groups (broad SMARTS) is 1. The molecule has 6 heteroatoms. The van der Waals surface area contributed by atoms with Crippen molar-refractivity contribution in [3.8, 4) is 0 Å². The molecule has 1 atom stereocenters. The molecule has 0 saturated carbocycles. The fraction of sp³-hybridized carbons (Fsp3) is 0.500. The Morgan fingerprint density at radius 1 is 1.50 bits per heavy atom. The SMILES string of the molecule is CN(C)c1cc(C(=O)N2CCC(CC(=O)O)C2)ccn1. The Labute approximate surface area is 118 Å². The van der Waals surface area contributed by atoms with Crippen LogP contribution in [0.25, 0.3) is 0 Å². The van der Waals surface area contributed by atoms with Crippen LogP contribution in [-0.4, -0.2) is 54.1 Å². The van der Waals surface area contributed by atoms with E-state index in [-0.39, 0.29) is 18.2 Å². The number of aliphatic carboxylic acids is 1. The summed E-state index contributed by atoms with van der Waals surface area (Å²) in [5, 5.41) is 8.80. The van der Waals surface area contributed by atoms with Crippen LogP contribution in [0, 0.1) is 5.92 Å². The monoisotopic (exact) mass is 277 g/mol. The summed E-state index contributed by atoms with van der Waals surface area (Å²) in [5.41, 5.74) is 0.597. The molecule has 2 heterocycles. The van der Waals surface area contributed by atoms with Crippen LogP contribution in [-0.2, 0) is 4.79 Å². The molecule has 1 amide bonds. The van der Waals surface area contributed by atoms with E-state index in [1.54, 1.807) is 23.2 Å². The number of aromatic nitrogens is 1. The number of nitrogens with zero attached hydrogens (tertiary/aromatic N) is 3. The molecule has 1 aliphatic heterocycles. The number of carbonyl (C=O) groups is 2. The van der Waals surface area contributed by atoms with Gasteiger partial charge in [0.05, 0.1) is 0 Å². The van der Waals surface area contributed by atoms with Crippen molar-refractivity contribution in [2.75, 3.05) is 32.1 Å². The molecule has 0 spiro atoms. The molecule has 1 N–H and O–H groups in total. The summed E-state index contributed by atoms with van der Waals surface area (Å²) in [5.74, 6) is -0.0600. The van der Waals surface area contributed by atoms with E-state index in [4.69, 9.17) is 5.11 Å². The summed E-state index contributed by atoms with van der Waals surface area (Å²) >= 11 is 0. The van der Waals surface area contributed by atoms with Gasteiger partial charge in [0.25, 0.3) is 5.91 Å². The van der Waals surface area contributed by atoms with Gasteiger partial charge in [-0.15, -0.1) is 0 Å². The van der Waals surface area contributed by atoms with E-state index in [1.807, 2.05) is 19.0 Å². The van der Waals surface area contributed by atoms with Gasteiger partial charge in [0.15, 0.2) is 0 Å². The summed E-state index contributed by atoms with van der Waals surface area (Å²) in [4.78, 5) is 30.8. The molecule has 1 fully saturated rings. The maximum absolute atomic E-state index is 12.4. The lowest BCUT2D eigenvalue weighted by Crippen LogP contribution is -2.29. The topological polar surface area (TPSA) is 73.7 Å². The van der Waals surface area contributed by atoms with Crippen LogP contribution in [0.2, 0.25) is 0 Å². The van der Waals surface area contributed by atoms with E-state index >= 15 is 0 Å². The molecule has 6 nitrogen and oxygen atoms in total. The second-order valence-electron chi connectivity index (χ2n) is 5.30. The standard InChI is InChI=1S/C14H19N3O3/c1-16(2)12-8-11(3-5-15-12)14(20)17-6-4-10(9-17)7-13(18)19/h3,5,8,10H,4,6-7,9H2,1-2H3,(H,18,19). The Morgan fingerprint density at radius 2 is 2.25 bits per heavy atom. The fourth-order valence-corrected chi connectivity index (χ4v) is 2.41. The number of amides is 1. The summed E-state index contributed by atoms with van der Waals surface area (Å²) in [6, 6.07) is 3.45. The van der Waals surface area contributed by atoms with E-state index in [1.165, 1.54) is 0 Å². The molecule has 0 radical (unpaired) electrons. The average Bonchev–Trinajstić information content (AvgIpc) is 2.85. The minimum absolute atomic E-state index is 0.0524. The average molecular weight is 277 g/mol. The second-order valence-corrected chi connectivity index (χ2v) is 5.30. The molecule has 1 saturated heterocycles. The van der Waals surface area contributed by atoms with Crippen molar-refractivity contribution >= 4 is 17.7 Å². The quantitative estimate of drug-likeness (QED) is 0.891. The Kier molecular flexibility index (Phi) is 4.22. The van der Waals surface area contributed by atoms with Crippen molar-refractivity contribution in [2.24, 2.45) is 5.92 Å². The van der Waals surface area contributed by atoms with Gasteiger partial charge in [-0.3, -0.25) is 9.59 Å². The third-order valence-electron chi connectivity index (χ3n) is 3.49. The minimum atomic E-state index is -0.803. The predicted molar refractivity (Wildman–Crippen MR) is 74.8 cm³/mol. The zero-order valence-electron chi connectivity index (χ0n) is 11.7. The van der Waals surface area contributed by atoms with Crippen molar-refractivity contribution < 1.29 is 14.7 Å². The Morgan fingerprint density at radius 3 is 2.90 bits per heavy atom. The number of likely N-dealkylation sites (tertiary alicyclic amines) is 1. The highest BCUT2D eigenvalue weighted by molar-refractivity contribution is 5.95. The molecule has 20 heavy (non-hydrogen) atoms. The van der Waals surface area contributed by atoms with E-state index < -0.39 is 5.97 Å². The second kappa shape index (κ2) is 5.90. The van der Waals surface area contributed by atoms with Gasteiger partial charge < -0.3 is 14.9 Å². The molecule has 1 aliphatic rings. The first-order chi connectivity index (χ1) is 9.47. The molecule has 108 valence electrons. The summed E-state index contributed by atoms with van der Waals surface area (Å²) in [6.07, 6.45) is 2.50. The lowest BCUT2D eigenvalue weighted by Gasteiger charge is -2.17. The van der Waals surface area contributed by atoms with Gasteiger partial charge in [0.1, 0.15) is 5.82 Å². The smallest absolute Gasteiger partial charge is 0.303 e. The lowest BCUT2D eigenvalue weighted by atomic mass is 10.1. The third-order valence-corrected chi connectivity index (χ3v) is 3.49. The van der Waals surface area contributed by atoms with Crippen molar-refractivity contribution in [1.82, 2.24) is 9.88 Å². The van der Waals surface area contributed by atoms with Crippen LogP contribution in [0.15, 0.2) is 18.3 Å². The molecule has 0 aliphatic carbocycles. The van der Waals surface area contributed by atoms with Gasteiger partial charge >= 0.3 is 5.97 Å². The van der Waals surface area contributed by atoms with Gasteiger partial charge in [0.2, 0.25) is 0 Å². The Hall–Kier alpha value is -2.11. The first-order valence-electron chi connectivity index (χ1n) is 6.62. The molecule has 1 aromatic heterocycles. The number of rotatable bonds is 4. The summed E-state index contributed by atoms with van der Waals surface area (Å²) in [6.45, 7) is 1.14. The zero-order chi connectivity index (χ0) is 14.7. The van der Waals surface area contributed by atoms with E-state index in [2.05, 4.69) is 4.98 Å². The van der Waals surface area contributed by atoms with Crippen LogP contribution in [0.4, 0.5) is 5.82 Å². The highest BCUT2D eigenvalue weighted by Gasteiger charge is 2.28. The Bertz CT molecular complexity index is 516. The first-order valence-corrected chi connectivity index (χ1v) is 6.62. The number of carbonyl (C=O) groups excluding carboxylic acids is 1. The number of hydrogen-bond acceptors (Lipinski definition) is 4. The van der Waals surface area contributed by atoms with Crippen molar-refractivity contribution in [3.05, 3.63) is 23.9 Å². The number of carboxylic acids is 1. The van der Waals surface area contributed by atoms with Gasteiger partial charge in [-0.05, 0) is 24.5 Å². The molecule has 0 bridgehead atoms. The van der Waals surface area contributed by atoms with Crippen LogP contribution in [0.1, 0.15) is 23.2 Å². The summed E-state index contributed by atoms with van der Waals surface area (Å²) in [7, 11) is 3.74. The fourth-order valence-electron chi connectivity index (χ4n) is 2.41. The molecule has 1 unspecified atom stereocenters. The van der Waals surface area contributed by atoms with E-state index in [0.717, 1.165) is 12.2 Å². The molecule has 2 rings (SSSR count). The molecular formula is C14H19N3O3. The highest BCUT2D eigenvalue weighted by Crippen LogP contribution is 2.22. The van der Waals surface area contributed by atoms with E-state index in [0.29, 0.717) is 18.7 Å². The van der Waals surface area contributed by atoms with Crippen molar-refractivity contribution in [2.45, 2.75) is 12.8 Å². The summed E-state index contributed by atoms with van der Waals surface area (Å²) < 4.78 is 0. The highest BCUT2D eigenvalue weighted by atomic mass is 16.4. The lowest BCUT2D eigenvalue weighted by molar-refractivity contribution is -0.138. The molecule has 1 aromatic rings. The predicted octanol–water partition coefficient (Wildman–Crippen LogP) is 1.08. The van der Waals surface area contributed by atoms with Crippen molar-refractivity contribution in [1.29, 1.82) is 0 Å². The van der Waals surface area contributed by atoms with Crippen LogP contribution in [0.5, 0.6) is 0 Å². The van der Waals surface area contributed by atoms with Crippen LogP contribution >= 0.6 is 0 Å². The van der Waals surface area contributed by atoms with Crippen LogP contribution < -0.4 is 4.90 Å². The minimum Gasteiger partial charge on any atom is -0.481 e. The number of hydrogen-bond donors (Lipinski definition) is 1. The van der Waals surface area contributed by atoms with E-state index in [9.17, 15) is 9.59 Å². The first kappa shape index (κ1) is 14.3. The number of pyridine rings is 1. The maximum atomic E-state index is 12.4. The normalized spacial score (nSPS) is 18.1. The largest absolute Gasteiger partial charge is 0.481 e. The zero-order valence-corrected chi connectivity index (χ0v) is 11.7. The number of anilines is 1. The van der Waals surface area contributed by atoms with Gasteiger partial charge in [-0.1, -0.05) is 0 Å².